The summed E-state index contributed by atoms with van der Waals surface area (Å²) >= 11 is 0. The molecule has 2 fully saturated rings. The number of fused-ring (bicyclic) bond motifs is 10. The molecular weight excluding hydrogens is 547 g/mol. The highest BCUT2D eigenvalue weighted by Gasteiger charge is 2.47. The van der Waals surface area contributed by atoms with Gasteiger partial charge in [0, 0.05) is 49.9 Å². The fraction of sp³-hybridized carbons (Fsp3) is 0.543. The second-order valence-corrected chi connectivity index (χ2v) is 12.6. The quantitative estimate of drug-likeness (QED) is 0.359. The number of hydrogen-bond acceptors (Lipinski definition) is 5. The Hall–Kier alpha value is -3.31. The predicted molar refractivity (Wildman–Crippen MR) is 168 cm³/mol. The zero-order valence-corrected chi connectivity index (χ0v) is 26.2. The van der Waals surface area contributed by atoms with Crippen molar-refractivity contribution in [2.24, 2.45) is 16.3 Å². The summed E-state index contributed by atoms with van der Waals surface area (Å²) in [5.41, 5.74) is 2.25. The summed E-state index contributed by atoms with van der Waals surface area (Å²) in [6.45, 7) is 17.1. The number of nitriles is 1. The van der Waals surface area contributed by atoms with Gasteiger partial charge in [-0.05, 0) is 83.2 Å². The SMILES string of the molecule is C=CNC1=N[C@H](C)c2cccc(c2F)C(F)(F)CCC2CN(CCCCCN(C)/C(C)=C\1C=C(C(=C)C)C1(C#N)CC1)C2. The molecule has 1 saturated carbocycles. The maximum Gasteiger partial charge on any atom is 0.276 e. The van der Waals surface area contributed by atoms with Crippen molar-refractivity contribution in [2.75, 3.05) is 33.2 Å². The van der Waals surface area contributed by atoms with Gasteiger partial charge >= 0.3 is 0 Å². The van der Waals surface area contributed by atoms with E-state index in [0.29, 0.717) is 12.3 Å². The van der Waals surface area contributed by atoms with Crippen LogP contribution in [-0.2, 0) is 5.92 Å². The van der Waals surface area contributed by atoms with Crippen LogP contribution in [0.1, 0.15) is 82.9 Å². The van der Waals surface area contributed by atoms with Gasteiger partial charge in [0.2, 0.25) is 0 Å². The minimum absolute atomic E-state index is 0.106. The van der Waals surface area contributed by atoms with E-state index < -0.39 is 28.8 Å². The van der Waals surface area contributed by atoms with Crippen molar-refractivity contribution in [1.82, 2.24) is 15.1 Å². The predicted octanol–water partition coefficient (Wildman–Crippen LogP) is 8.02. The normalized spacial score (nSPS) is 28.0. The number of amidine groups is 1. The van der Waals surface area contributed by atoms with Crippen molar-refractivity contribution in [2.45, 2.75) is 77.7 Å². The molecule has 5 nitrogen and oxygen atoms in total. The number of allylic oxidation sites excluding steroid dienone is 3. The van der Waals surface area contributed by atoms with Crippen LogP contribution in [0.5, 0.6) is 0 Å². The summed E-state index contributed by atoms with van der Waals surface area (Å²) < 4.78 is 46.6. The number of benzene rings is 1. The highest BCUT2D eigenvalue weighted by Crippen LogP contribution is 2.53. The molecule has 1 aromatic rings. The monoisotopic (exact) mass is 593 g/mol. The first-order valence-corrected chi connectivity index (χ1v) is 15.5. The van der Waals surface area contributed by atoms with Gasteiger partial charge in [-0.2, -0.15) is 5.26 Å². The van der Waals surface area contributed by atoms with E-state index >= 15 is 13.2 Å². The molecule has 0 spiro atoms. The van der Waals surface area contributed by atoms with Gasteiger partial charge in [0.25, 0.3) is 5.92 Å². The lowest BCUT2D eigenvalue weighted by molar-refractivity contribution is -0.0321. The van der Waals surface area contributed by atoms with Gasteiger partial charge in [0.15, 0.2) is 0 Å². The van der Waals surface area contributed by atoms with Gasteiger partial charge < -0.3 is 15.1 Å². The molecule has 5 rings (SSSR count). The number of alkyl halides is 2. The molecule has 0 unspecified atom stereocenters. The van der Waals surface area contributed by atoms with Crippen LogP contribution in [0.25, 0.3) is 0 Å². The van der Waals surface area contributed by atoms with Crippen LogP contribution >= 0.6 is 0 Å². The van der Waals surface area contributed by atoms with Crippen LogP contribution < -0.4 is 5.32 Å². The highest BCUT2D eigenvalue weighted by molar-refractivity contribution is 6.02. The third-order valence-electron chi connectivity index (χ3n) is 9.25. The third kappa shape index (κ3) is 7.44. The van der Waals surface area contributed by atoms with Gasteiger partial charge in [0.05, 0.1) is 23.1 Å². The van der Waals surface area contributed by atoms with E-state index in [1.807, 2.05) is 27.0 Å². The van der Waals surface area contributed by atoms with Crippen LogP contribution in [0, 0.1) is 28.5 Å². The molecule has 3 heterocycles. The molecule has 1 atom stereocenters. The minimum atomic E-state index is -3.27. The lowest BCUT2D eigenvalue weighted by atomic mass is 9.89. The molecule has 3 aliphatic heterocycles. The van der Waals surface area contributed by atoms with Crippen LogP contribution in [-0.4, -0.2) is 48.9 Å². The number of rotatable bonds is 4. The van der Waals surface area contributed by atoms with Gasteiger partial charge in [-0.1, -0.05) is 43.4 Å². The second kappa shape index (κ2) is 13.5. The first kappa shape index (κ1) is 32.6. The maximum atomic E-state index is 15.8. The van der Waals surface area contributed by atoms with Crippen LogP contribution in [0.15, 0.2) is 71.0 Å². The minimum Gasteiger partial charge on any atom is -0.378 e. The molecule has 232 valence electrons. The molecule has 8 heteroatoms. The smallest absolute Gasteiger partial charge is 0.276 e. The third-order valence-corrected chi connectivity index (χ3v) is 9.25. The number of aliphatic imine (C=N–C) groups is 1. The zero-order chi connectivity index (χ0) is 31.4. The Bertz CT molecular complexity index is 1340. The van der Waals surface area contributed by atoms with Crippen molar-refractivity contribution in [3.8, 4) is 6.07 Å². The summed E-state index contributed by atoms with van der Waals surface area (Å²) in [5, 5.41) is 13.2. The van der Waals surface area contributed by atoms with Crippen LogP contribution in [0.3, 0.4) is 0 Å². The van der Waals surface area contributed by atoms with E-state index in [4.69, 9.17) is 4.99 Å². The summed E-state index contributed by atoms with van der Waals surface area (Å²) in [5.74, 6) is -3.53. The lowest BCUT2D eigenvalue weighted by Gasteiger charge is -2.40. The molecule has 1 N–H and O–H groups in total. The van der Waals surface area contributed by atoms with Gasteiger partial charge in [0.1, 0.15) is 11.7 Å². The number of nitrogens with zero attached hydrogens (tertiary/aromatic N) is 4. The average Bonchev–Trinajstić information content (AvgIpc) is 3.73. The lowest BCUT2D eigenvalue weighted by Crippen LogP contribution is -2.47. The van der Waals surface area contributed by atoms with Crippen molar-refractivity contribution in [3.05, 3.63) is 83.0 Å². The first-order chi connectivity index (χ1) is 20.4. The van der Waals surface area contributed by atoms with Crippen LogP contribution in [0.4, 0.5) is 13.2 Å². The molecule has 43 heavy (non-hydrogen) atoms. The Morgan fingerprint density at radius 3 is 2.49 bits per heavy atom. The maximum absolute atomic E-state index is 15.8. The molecule has 0 aromatic heterocycles. The highest BCUT2D eigenvalue weighted by atomic mass is 19.3. The number of nitrogens with one attached hydrogen (secondary N) is 1. The molecule has 4 bridgehead atoms. The summed E-state index contributed by atoms with van der Waals surface area (Å²) in [6, 6.07) is 5.91. The summed E-state index contributed by atoms with van der Waals surface area (Å²) in [4.78, 5) is 9.37. The standard InChI is InChI=1S/C35H46F3N5/c1-7-40-33-29(20-31(24(2)3)34(23-39)16-17-34)26(5)42(6)18-9-8-10-19-43-21-27(22-43)14-15-35(37,38)30-13-11-12-28(32(30)36)25(4)41-33/h7,11-13,20,25,27H,1-2,8-10,14-19,21-22H2,3-6H3,(H,40,41)/b29-26-,31-20?/t25-/m1/s1. The first-order valence-electron chi connectivity index (χ1n) is 15.5. The second-order valence-electron chi connectivity index (χ2n) is 12.6. The van der Waals surface area contributed by atoms with Gasteiger partial charge in [-0.25, -0.2) is 13.2 Å². The largest absolute Gasteiger partial charge is 0.378 e. The molecule has 1 saturated heterocycles. The topological polar surface area (TPSA) is 54.7 Å². The number of halogens is 3. The Morgan fingerprint density at radius 2 is 1.86 bits per heavy atom. The summed E-state index contributed by atoms with van der Waals surface area (Å²) in [7, 11) is 2.03. The molecule has 0 radical (unpaired) electrons. The molecule has 0 amide bonds. The molecular formula is C35H46F3N5. The van der Waals surface area contributed by atoms with E-state index in [1.54, 1.807) is 6.92 Å². The van der Waals surface area contributed by atoms with E-state index in [2.05, 4.69) is 34.3 Å². The van der Waals surface area contributed by atoms with E-state index in [1.165, 1.54) is 24.4 Å². The van der Waals surface area contributed by atoms with Crippen molar-refractivity contribution >= 4 is 5.84 Å². The molecule has 1 aliphatic carbocycles. The fourth-order valence-corrected chi connectivity index (χ4v) is 6.22. The average molecular weight is 594 g/mol. The van der Waals surface area contributed by atoms with E-state index in [9.17, 15) is 5.26 Å². The Kier molecular flexibility index (Phi) is 10.3. The van der Waals surface area contributed by atoms with Gasteiger partial charge in [-0.3, -0.25) is 4.99 Å². The fourth-order valence-electron chi connectivity index (χ4n) is 6.22. The van der Waals surface area contributed by atoms with Crippen molar-refractivity contribution in [3.63, 3.8) is 0 Å². The number of hydrogen-bond donors (Lipinski definition) is 1. The Balaban J connectivity index is 1.83. The van der Waals surface area contributed by atoms with Gasteiger partial charge in [-0.15, -0.1) is 0 Å². The molecule has 4 aliphatic rings. The Morgan fingerprint density at radius 1 is 1.16 bits per heavy atom. The van der Waals surface area contributed by atoms with Crippen LogP contribution in [0.2, 0.25) is 0 Å². The van der Waals surface area contributed by atoms with Crippen molar-refractivity contribution in [1.29, 1.82) is 5.26 Å². The summed E-state index contributed by atoms with van der Waals surface area (Å²) in [6.07, 6.45) is 8.10. The zero-order valence-electron chi connectivity index (χ0n) is 26.2. The Labute approximate surface area is 255 Å². The van der Waals surface area contributed by atoms with E-state index in [-0.39, 0.29) is 17.9 Å². The molecule has 1 aromatic carbocycles. The van der Waals surface area contributed by atoms with Crippen molar-refractivity contribution < 1.29 is 13.2 Å². The van der Waals surface area contributed by atoms with E-state index in [0.717, 1.165) is 80.7 Å².